The van der Waals surface area contributed by atoms with Gasteiger partial charge < -0.3 is 23.7 Å². The largest absolute Gasteiger partial charge is 0.379 e. The summed E-state index contributed by atoms with van der Waals surface area (Å²) in [6, 6.07) is 20.3. The molecule has 3 heterocycles. The zero-order valence-corrected chi connectivity index (χ0v) is 26.7. The van der Waals surface area contributed by atoms with E-state index in [0.29, 0.717) is 39.6 Å². The molecule has 6 nitrogen and oxygen atoms in total. The number of ether oxygens (including phenoxy) is 5. The van der Waals surface area contributed by atoms with Crippen LogP contribution in [0.5, 0.6) is 0 Å². The molecule has 0 N–H and O–H groups in total. The third-order valence-electron chi connectivity index (χ3n) is 14.3. The molecular weight excluding hydrogens is 574 g/mol. The second-order valence-electron chi connectivity index (χ2n) is 15.6. The van der Waals surface area contributed by atoms with Gasteiger partial charge in [0.25, 0.3) is 0 Å². The highest BCUT2D eigenvalue weighted by Crippen LogP contribution is 2.93. The van der Waals surface area contributed by atoms with Crippen LogP contribution < -0.4 is 0 Å². The highest BCUT2D eigenvalue weighted by atomic mass is 16.6. The highest BCUT2D eigenvalue weighted by Gasteiger charge is 2.96. The van der Waals surface area contributed by atoms with E-state index in [1.165, 1.54) is 44.3 Å². The number of nitrogens with zero attached hydrogens (tertiary/aromatic N) is 1. The van der Waals surface area contributed by atoms with Gasteiger partial charge in [-0.2, -0.15) is 0 Å². The second kappa shape index (κ2) is 10.1. The SMILES string of the molecule is c1cc2ccc3ccc(CN4CCOCCOCCC56OC7(CCOCCOCC4)C4C8CC(C9C8C7C95)C46)c4ccc(c1)c2c34. The number of benzene rings is 4. The standard InChI is InChI=1S/C40H45NO5/c1-2-24-4-5-26-6-7-27(28-9-8-25(3-1)31(24)32(26)28)23-41-12-16-44-20-18-42-14-10-39-35-29-22-30-34-33(29)37(39)38(34)40(46-39,36(30)35)11-15-43-19-21-45-17-13-41/h1-9,29-30,33-38H,10-23H2. The minimum atomic E-state index is 0.100. The van der Waals surface area contributed by atoms with Crippen LogP contribution in [0.4, 0.5) is 0 Å². The van der Waals surface area contributed by atoms with Crippen molar-refractivity contribution in [3.8, 4) is 0 Å². The molecule has 0 aromatic heterocycles. The van der Waals surface area contributed by atoms with Crippen LogP contribution in [0.25, 0.3) is 32.3 Å². The van der Waals surface area contributed by atoms with Crippen LogP contribution >= 0.6 is 0 Å². The molecule has 3 saturated heterocycles. The van der Waals surface area contributed by atoms with Gasteiger partial charge in [-0.15, -0.1) is 0 Å². The molecule has 0 amide bonds. The molecular formula is C40H45NO5. The maximum Gasteiger partial charge on any atom is 0.0781 e. The predicted molar refractivity (Wildman–Crippen MR) is 177 cm³/mol. The Kier molecular flexibility index (Phi) is 6.06. The molecule has 8 fully saturated rings. The Morgan fingerprint density at radius 3 is 1.74 bits per heavy atom. The Labute approximate surface area is 271 Å². The summed E-state index contributed by atoms with van der Waals surface area (Å²) in [5, 5.41) is 8.04. The van der Waals surface area contributed by atoms with Gasteiger partial charge in [0.1, 0.15) is 0 Å². The van der Waals surface area contributed by atoms with Gasteiger partial charge in [-0.3, -0.25) is 4.90 Å². The van der Waals surface area contributed by atoms with Gasteiger partial charge in [0, 0.05) is 45.7 Å². The van der Waals surface area contributed by atoms with Crippen molar-refractivity contribution in [3.05, 3.63) is 60.2 Å². The second-order valence-corrected chi connectivity index (χ2v) is 15.6. The van der Waals surface area contributed by atoms with Crippen LogP contribution in [0.15, 0.2) is 54.6 Å². The molecule has 2 spiro atoms. The van der Waals surface area contributed by atoms with Crippen LogP contribution in [0.2, 0.25) is 0 Å². The number of hydrogen-bond acceptors (Lipinski definition) is 6. The third kappa shape index (κ3) is 3.49. The summed E-state index contributed by atoms with van der Waals surface area (Å²) in [4.78, 5) is 2.48. The first kappa shape index (κ1) is 27.6. The molecule has 5 aliphatic carbocycles. The number of rotatable bonds is 2. The zero-order chi connectivity index (χ0) is 30.0. The normalized spacial score (nSPS) is 42.3. The van der Waals surface area contributed by atoms with Crippen molar-refractivity contribution < 1.29 is 23.7 Å². The quantitative estimate of drug-likeness (QED) is 0.251. The molecule has 4 aromatic rings. The molecule has 10 unspecified atom stereocenters. The van der Waals surface area contributed by atoms with Crippen molar-refractivity contribution in [3.63, 3.8) is 0 Å². The highest BCUT2D eigenvalue weighted by molar-refractivity contribution is 6.23. The molecule has 8 aliphatic rings. The summed E-state index contributed by atoms with van der Waals surface area (Å²) in [5.74, 6) is 6.98. The van der Waals surface area contributed by atoms with E-state index < -0.39 is 0 Å². The Morgan fingerprint density at radius 2 is 1.11 bits per heavy atom. The van der Waals surface area contributed by atoms with Crippen molar-refractivity contribution in [2.24, 2.45) is 47.3 Å². The third-order valence-corrected chi connectivity index (χ3v) is 14.3. The summed E-state index contributed by atoms with van der Waals surface area (Å²) in [6.45, 7) is 8.17. The first-order valence-corrected chi connectivity index (χ1v) is 18.2. The minimum absolute atomic E-state index is 0.100. The van der Waals surface area contributed by atoms with Crippen LogP contribution in [-0.4, -0.2) is 82.0 Å². The van der Waals surface area contributed by atoms with Crippen LogP contribution in [0, 0.1) is 47.3 Å². The van der Waals surface area contributed by atoms with Crippen molar-refractivity contribution >= 4 is 32.3 Å². The molecule has 3 aliphatic heterocycles. The maximum absolute atomic E-state index is 7.32. The molecule has 4 aromatic carbocycles. The monoisotopic (exact) mass is 619 g/mol. The summed E-state index contributed by atoms with van der Waals surface area (Å²) in [6.07, 6.45) is 3.64. The van der Waals surface area contributed by atoms with E-state index in [2.05, 4.69) is 59.5 Å². The molecule has 5 saturated carbocycles. The van der Waals surface area contributed by atoms with Crippen LogP contribution in [-0.2, 0) is 30.2 Å². The fourth-order valence-electron chi connectivity index (χ4n) is 13.2. The van der Waals surface area contributed by atoms with Gasteiger partial charge in [-0.1, -0.05) is 54.6 Å². The summed E-state index contributed by atoms with van der Waals surface area (Å²) < 4.78 is 32.1. The van der Waals surface area contributed by atoms with Gasteiger partial charge >= 0.3 is 0 Å². The van der Waals surface area contributed by atoms with Crippen molar-refractivity contribution in [2.45, 2.75) is 37.0 Å². The first-order valence-electron chi connectivity index (χ1n) is 18.2. The lowest BCUT2D eigenvalue weighted by atomic mass is 9.54. The molecule has 0 radical (unpaired) electrons. The van der Waals surface area contributed by atoms with Gasteiger partial charge in [-0.25, -0.2) is 0 Å². The van der Waals surface area contributed by atoms with Crippen molar-refractivity contribution in [2.75, 3.05) is 65.9 Å². The van der Waals surface area contributed by atoms with E-state index in [1.54, 1.807) is 0 Å². The van der Waals surface area contributed by atoms with E-state index in [9.17, 15) is 0 Å². The smallest absolute Gasteiger partial charge is 0.0781 e. The zero-order valence-electron chi connectivity index (χ0n) is 26.7. The van der Waals surface area contributed by atoms with Crippen LogP contribution in [0.1, 0.15) is 24.8 Å². The fourth-order valence-corrected chi connectivity index (χ4v) is 13.2. The molecule has 6 heteroatoms. The van der Waals surface area contributed by atoms with E-state index in [0.717, 1.165) is 93.0 Å². The summed E-state index contributed by atoms with van der Waals surface area (Å²) >= 11 is 0. The lowest BCUT2D eigenvalue weighted by molar-refractivity contribution is -0.0986. The fraction of sp³-hybridized carbons (Fsp3) is 0.600. The van der Waals surface area contributed by atoms with Crippen molar-refractivity contribution in [1.29, 1.82) is 0 Å². The maximum atomic E-state index is 7.32. The van der Waals surface area contributed by atoms with Gasteiger partial charge in [0.2, 0.25) is 0 Å². The Bertz CT molecular complexity index is 1740. The summed E-state index contributed by atoms with van der Waals surface area (Å²) in [7, 11) is 0. The molecule has 10 atom stereocenters. The Morgan fingerprint density at radius 1 is 0.565 bits per heavy atom. The van der Waals surface area contributed by atoms with Gasteiger partial charge in [-0.05, 0) is 91.6 Å². The van der Waals surface area contributed by atoms with Crippen molar-refractivity contribution in [1.82, 2.24) is 4.90 Å². The Balaban J connectivity index is 0.784. The Hall–Kier alpha value is -2.32. The molecule has 4 bridgehead atoms. The van der Waals surface area contributed by atoms with Gasteiger partial charge in [0.15, 0.2) is 0 Å². The first-order chi connectivity index (χ1) is 22.8. The van der Waals surface area contributed by atoms with E-state index in [-0.39, 0.29) is 11.2 Å². The number of hydrogen-bond donors (Lipinski definition) is 0. The topological polar surface area (TPSA) is 49.4 Å². The average Bonchev–Trinajstić information content (AvgIpc) is 3.75. The molecule has 46 heavy (non-hydrogen) atoms. The summed E-state index contributed by atoms with van der Waals surface area (Å²) in [5.41, 5.74) is 1.56. The van der Waals surface area contributed by atoms with Crippen LogP contribution in [0.3, 0.4) is 0 Å². The molecule has 12 rings (SSSR count). The average molecular weight is 620 g/mol. The van der Waals surface area contributed by atoms with E-state index in [4.69, 9.17) is 23.7 Å². The lowest BCUT2D eigenvalue weighted by Crippen LogP contribution is -2.52. The predicted octanol–water partition coefficient (Wildman–Crippen LogP) is 6.14. The lowest BCUT2D eigenvalue weighted by Gasteiger charge is -2.48. The van der Waals surface area contributed by atoms with E-state index in [1.807, 2.05) is 0 Å². The van der Waals surface area contributed by atoms with E-state index >= 15 is 0 Å². The minimum Gasteiger partial charge on any atom is -0.379 e. The molecule has 240 valence electrons. The van der Waals surface area contributed by atoms with Gasteiger partial charge in [0.05, 0.1) is 50.8 Å².